The number of thioether (sulfide) groups is 1. The van der Waals surface area contributed by atoms with E-state index in [1.54, 1.807) is 11.3 Å². The number of carbonyl (C=O) groups excluding carboxylic acids is 2. The van der Waals surface area contributed by atoms with Gasteiger partial charge in [-0.2, -0.15) is 11.3 Å². The van der Waals surface area contributed by atoms with Crippen molar-refractivity contribution >= 4 is 40.6 Å². The minimum Gasteiger partial charge on any atom is -0.353 e. The first-order valence-electron chi connectivity index (χ1n) is 8.37. The van der Waals surface area contributed by atoms with Gasteiger partial charge in [-0.05, 0) is 67.7 Å². The Morgan fingerprint density at radius 2 is 1.88 bits per heavy atom. The number of amides is 2. The molecule has 26 heavy (non-hydrogen) atoms. The maximum atomic E-state index is 12.5. The predicted molar refractivity (Wildman–Crippen MR) is 110 cm³/mol. The van der Waals surface area contributed by atoms with Crippen LogP contribution in [0.15, 0.2) is 46.0 Å². The van der Waals surface area contributed by atoms with Crippen molar-refractivity contribution in [1.82, 2.24) is 10.2 Å². The summed E-state index contributed by atoms with van der Waals surface area (Å²) in [6, 6.07) is 9.76. The highest BCUT2D eigenvalue weighted by Gasteiger charge is 2.19. The van der Waals surface area contributed by atoms with E-state index in [-0.39, 0.29) is 23.1 Å². The first-order chi connectivity index (χ1) is 12.4. The van der Waals surface area contributed by atoms with Crippen LogP contribution in [0.4, 0.5) is 5.69 Å². The Morgan fingerprint density at radius 1 is 1.19 bits per heavy atom. The van der Waals surface area contributed by atoms with Crippen LogP contribution in [0.25, 0.3) is 0 Å². The summed E-state index contributed by atoms with van der Waals surface area (Å²) in [6.07, 6.45) is 0. The monoisotopic (exact) mass is 391 g/mol. The molecule has 0 saturated heterocycles. The van der Waals surface area contributed by atoms with Gasteiger partial charge in [0, 0.05) is 24.1 Å². The quantitative estimate of drug-likeness (QED) is 0.675. The van der Waals surface area contributed by atoms with E-state index in [2.05, 4.69) is 32.4 Å². The van der Waals surface area contributed by atoms with Crippen LogP contribution in [-0.2, 0) is 9.59 Å². The summed E-state index contributed by atoms with van der Waals surface area (Å²) in [5.41, 5.74) is 1.97. The molecule has 5 nitrogen and oxygen atoms in total. The van der Waals surface area contributed by atoms with Crippen molar-refractivity contribution in [3.8, 4) is 0 Å². The molecule has 2 rings (SSSR count). The van der Waals surface area contributed by atoms with Crippen molar-refractivity contribution in [2.45, 2.75) is 30.0 Å². The molecule has 1 aromatic carbocycles. The number of nitrogens with zero attached hydrogens (tertiary/aromatic N) is 1. The molecular weight excluding hydrogens is 366 g/mol. The second-order valence-corrected chi connectivity index (χ2v) is 8.44. The molecule has 0 aliphatic heterocycles. The fourth-order valence-electron chi connectivity index (χ4n) is 2.48. The van der Waals surface area contributed by atoms with Crippen LogP contribution in [0.1, 0.15) is 25.5 Å². The molecule has 140 valence electrons. The third-order valence-electron chi connectivity index (χ3n) is 3.88. The summed E-state index contributed by atoms with van der Waals surface area (Å²) in [5, 5.41) is 9.76. The van der Waals surface area contributed by atoms with Crippen LogP contribution in [0.3, 0.4) is 0 Å². The van der Waals surface area contributed by atoms with Gasteiger partial charge in [0.05, 0.1) is 11.3 Å². The summed E-state index contributed by atoms with van der Waals surface area (Å²) in [6.45, 7) is 3.96. The molecule has 2 N–H and O–H groups in total. The average Bonchev–Trinajstić information content (AvgIpc) is 3.10. The minimum atomic E-state index is -0.202. The smallest absolute Gasteiger partial charge is 0.233 e. The Hall–Kier alpha value is -1.83. The normalized spacial score (nSPS) is 13.3. The Bertz CT molecular complexity index is 715. The second kappa shape index (κ2) is 9.75. The summed E-state index contributed by atoms with van der Waals surface area (Å²) in [5.74, 6) is -0.0813. The molecule has 1 aromatic heterocycles. The van der Waals surface area contributed by atoms with Gasteiger partial charge in [-0.1, -0.05) is 0 Å². The molecule has 1 heterocycles. The molecule has 0 radical (unpaired) electrons. The molecular formula is C19H25N3O2S2. The zero-order valence-corrected chi connectivity index (χ0v) is 17.1. The number of anilines is 1. The number of nitrogens with one attached hydrogen (secondary N) is 2. The maximum absolute atomic E-state index is 12.5. The second-order valence-electron chi connectivity index (χ2n) is 6.25. The number of hydrogen-bond acceptors (Lipinski definition) is 5. The first kappa shape index (κ1) is 20.5. The Kier molecular flexibility index (Phi) is 7.68. The molecule has 0 aliphatic carbocycles. The van der Waals surface area contributed by atoms with Crippen molar-refractivity contribution in [2.24, 2.45) is 0 Å². The highest BCUT2D eigenvalue weighted by molar-refractivity contribution is 8.00. The summed E-state index contributed by atoms with van der Waals surface area (Å²) in [7, 11) is 4.03. The van der Waals surface area contributed by atoms with E-state index in [1.807, 2.05) is 45.3 Å². The van der Waals surface area contributed by atoms with Crippen LogP contribution in [0, 0.1) is 0 Å². The lowest BCUT2D eigenvalue weighted by atomic mass is 10.1. The molecule has 0 bridgehead atoms. The summed E-state index contributed by atoms with van der Waals surface area (Å²) >= 11 is 3.16. The van der Waals surface area contributed by atoms with Gasteiger partial charge in [-0.3, -0.25) is 9.59 Å². The number of likely N-dealkylation sites (N-methyl/N-ethyl adjacent to an activating group) is 1. The molecule has 2 atom stereocenters. The van der Waals surface area contributed by atoms with Crippen molar-refractivity contribution in [2.75, 3.05) is 26.0 Å². The topological polar surface area (TPSA) is 61.4 Å². The molecule has 0 saturated carbocycles. The van der Waals surface area contributed by atoms with E-state index < -0.39 is 0 Å². The highest BCUT2D eigenvalue weighted by Crippen LogP contribution is 2.25. The van der Waals surface area contributed by atoms with Gasteiger partial charge < -0.3 is 15.5 Å². The van der Waals surface area contributed by atoms with Gasteiger partial charge in [0.2, 0.25) is 11.8 Å². The van der Waals surface area contributed by atoms with E-state index in [4.69, 9.17) is 0 Å². The first-order valence-corrected chi connectivity index (χ1v) is 10.2. The van der Waals surface area contributed by atoms with Crippen molar-refractivity contribution in [3.05, 3.63) is 46.7 Å². The summed E-state index contributed by atoms with van der Waals surface area (Å²) < 4.78 is 0. The van der Waals surface area contributed by atoms with Gasteiger partial charge in [0.25, 0.3) is 0 Å². The van der Waals surface area contributed by atoms with Gasteiger partial charge >= 0.3 is 0 Å². The van der Waals surface area contributed by atoms with Gasteiger partial charge in [-0.25, -0.2) is 0 Å². The Balaban J connectivity index is 1.87. The van der Waals surface area contributed by atoms with E-state index >= 15 is 0 Å². The van der Waals surface area contributed by atoms with Gasteiger partial charge in [-0.15, -0.1) is 11.8 Å². The minimum absolute atomic E-state index is 0.0167. The van der Waals surface area contributed by atoms with Crippen LogP contribution in [-0.4, -0.2) is 42.6 Å². The number of rotatable bonds is 8. The van der Waals surface area contributed by atoms with Crippen molar-refractivity contribution in [1.29, 1.82) is 0 Å². The van der Waals surface area contributed by atoms with Gasteiger partial charge in [0.1, 0.15) is 0 Å². The fraction of sp³-hybridized carbons (Fsp3) is 0.368. The molecule has 0 aliphatic rings. The zero-order valence-electron chi connectivity index (χ0n) is 15.5. The third kappa shape index (κ3) is 6.16. The lowest BCUT2D eigenvalue weighted by molar-refractivity contribution is -0.120. The van der Waals surface area contributed by atoms with Crippen LogP contribution < -0.4 is 10.6 Å². The largest absolute Gasteiger partial charge is 0.353 e. The maximum Gasteiger partial charge on any atom is 0.233 e. The lowest BCUT2D eigenvalue weighted by Gasteiger charge is -2.24. The van der Waals surface area contributed by atoms with E-state index in [0.717, 1.165) is 10.6 Å². The third-order valence-corrected chi connectivity index (χ3v) is 5.69. The number of hydrogen-bond donors (Lipinski definition) is 2. The highest BCUT2D eigenvalue weighted by atomic mass is 32.2. The van der Waals surface area contributed by atoms with Crippen molar-refractivity contribution in [3.63, 3.8) is 0 Å². The molecule has 2 aromatic rings. The zero-order chi connectivity index (χ0) is 19.1. The standard InChI is InChI=1S/C19H25N3O2S2/c1-13(26-17-7-5-16(6-8-17)21-14(2)23)19(24)20-11-18(22(3)4)15-9-10-25-12-15/h5-10,12-13,18H,11H2,1-4H3,(H,20,24)(H,21,23)/t13-,18+/m1/s1. The van der Waals surface area contributed by atoms with Crippen LogP contribution >= 0.6 is 23.1 Å². The Morgan fingerprint density at radius 3 is 2.42 bits per heavy atom. The molecule has 0 unspecified atom stereocenters. The average molecular weight is 392 g/mol. The number of benzene rings is 1. The van der Waals surface area contributed by atoms with Gasteiger partial charge in [0.15, 0.2) is 0 Å². The number of carbonyl (C=O) groups is 2. The van der Waals surface area contributed by atoms with Crippen LogP contribution in [0.5, 0.6) is 0 Å². The van der Waals surface area contributed by atoms with E-state index in [1.165, 1.54) is 24.2 Å². The molecule has 7 heteroatoms. The molecule has 0 spiro atoms. The molecule has 0 fully saturated rings. The lowest BCUT2D eigenvalue weighted by Crippen LogP contribution is -2.37. The predicted octanol–water partition coefficient (Wildman–Crippen LogP) is 3.61. The molecule has 2 amide bonds. The SMILES string of the molecule is CC(=O)Nc1ccc(S[C@H](C)C(=O)NC[C@@H](c2ccsc2)N(C)C)cc1. The fourth-order valence-corrected chi connectivity index (χ4v) is 4.08. The van der Waals surface area contributed by atoms with E-state index in [0.29, 0.717) is 6.54 Å². The van der Waals surface area contributed by atoms with Crippen molar-refractivity contribution < 1.29 is 9.59 Å². The van der Waals surface area contributed by atoms with Crippen LogP contribution in [0.2, 0.25) is 0 Å². The number of thiophene rings is 1. The summed E-state index contributed by atoms with van der Waals surface area (Å²) in [4.78, 5) is 26.6. The van der Waals surface area contributed by atoms with E-state index in [9.17, 15) is 9.59 Å². The Labute approximate surface area is 163 Å².